The monoisotopic (exact) mass is 498 g/mol. The van der Waals surface area contributed by atoms with Gasteiger partial charge in [0.15, 0.2) is 5.82 Å². The van der Waals surface area contributed by atoms with Gasteiger partial charge in [0.1, 0.15) is 11.8 Å². The molecule has 0 bridgehead atoms. The van der Waals surface area contributed by atoms with Crippen LogP contribution in [0.25, 0.3) is 22.2 Å². The number of amides is 2. The topological polar surface area (TPSA) is 118 Å². The van der Waals surface area contributed by atoms with Crippen molar-refractivity contribution in [2.45, 2.75) is 58.5 Å². The zero-order chi connectivity index (χ0) is 25.9. The zero-order valence-corrected chi connectivity index (χ0v) is 21.2. The van der Waals surface area contributed by atoms with E-state index in [0.29, 0.717) is 42.0 Å². The fourth-order valence-corrected chi connectivity index (χ4v) is 4.64. The van der Waals surface area contributed by atoms with E-state index in [4.69, 9.17) is 9.26 Å². The largest absolute Gasteiger partial charge is 0.493 e. The second-order valence-electron chi connectivity index (χ2n) is 9.63. The Morgan fingerprint density at radius 1 is 1.24 bits per heavy atom. The van der Waals surface area contributed by atoms with Crippen molar-refractivity contribution in [2.75, 3.05) is 11.9 Å². The molecule has 2 aromatic carbocycles. The molecule has 2 aromatic heterocycles. The molecule has 5 rings (SSSR count). The molecule has 37 heavy (non-hydrogen) atoms. The molecular weight excluding hydrogens is 468 g/mol. The quantitative estimate of drug-likeness (QED) is 0.319. The molecule has 2 N–H and O–H groups in total. The number of hydrogen-bond donors (Lipinski definition) is 2. The summed E-state index contributed by atoms with van der Waals surface area (Å²) in [6.45, 7) is 6.02. The fraction of sp³-hybridized carbons (Fsp3) is 0.357. The van der Waals surface area contributed by atoms with Gasteiger partial charge < -0.3 is 24.5 Å². The van der Waals surface area contributed by atoms with Crippen molar-refractivity contribution < 1.29 is 14.1 Å². The molecule has 0 spiro atoms. The number of anilines is 1. The van der Waals surface area contributed by atoms with Crippen LogP contribution in [0.4, 0.5) is 10.5 Å². The number of aryl methyl sites for hydroxylation is 1. The average molecular weight is 499 g/mol. The molecule has 0 aliphatic heterocycles. The molecule has 9 nitrogen and oxygen atoms in total. The first-order valence-electron chi connectivity index (χ1n) is 12.6. The van der Waals surface area contributed by atoms with Crippen molar-refractivity contribution in [3.05, 3.63) is 59.7 Å². The molecule has 1 saturated carbocycles. The van der Waals surface area contributed by atoms with Crippen LogP contribution in [-0.4, -0.2) is 33.4 Å². The van der Waals surface area contributed by atoms with Gasteiger partial charge in [0, 0.05) is 29.2 Å². The van der Waals surface area contributed by atoms with E-state index in [1.807, 2.05) is 56.3 Å². The summed E-state index contributed by atoms with van der Waals surface area (Å²) < 4.78 is 13.5. The third-order valence-corrected chi connectivity index (χ3v) is 6.52. The van der Waals surface area contributed by atoms with Gasteiger partial charge in [0.25, 0.3) is 0 Å². The molecule has 190 valence electrons. The Hall–Kier alpha value is -4.32. The maximum absolute atomic E-state index is 12.1. The van der Waals surface area contributed by atoms with E-state index in [-0.39, 0.29) is 12.1 Å². The van der Waals surface area contributed by atoms with E-state index < -0.39 is 0 Å². The van der Waals surface area contributed by atoms with Crippen LogP contribution < -0.4 is 15.4 Å². The lowest BCUT2D eigenvalue weighted by molar-refractivity contribution is 0.250. The van der Waals surface area contributed by atoms with E-state index in [0.717, 1.165) is 40.8 Å². The highest BCUT2D eigenvalue weighted by atomic mass is 16.5. The van der Waals surface area contributed by atoms with Crippen LogP contribution in [0.5, 0.6) is 5.75 Å². The second kappa shape index (κ2) is 10.3. The molecule has 0 atom stereocenters. The summed E-state index contributed by atoms with van der Waals surface area (Å²) in [5.41, 5.74) is 4.16. The lowest BCUT2D eigenvalue weighted by Crippen LogP contribution is -2.34. The van der Waals surface area contributed by atoms with Crippen LogP contribution in [0.2, 0.25) is 0 Å². The lowest BCUT2D eigenvalue weighted by Gasteiger charge is -2.30. The number of urea groups is 1. The molecular formula is C28H30N6O3. The van der Waals surface area contributed by atoms with Gasteiger partial charge in [0.2, 0.25) is 5.89 Å². The van der Waals surface area contributed by atoms with Crippen LogP contribution in [-0.2, 0) is 6.42 Å². The Labute approximate surface area is 215 Å². The minimum absolute atomic E-state index is 0.0486. The van der Waals surface area contributed by atoms with Gasteiger partial charge in [-0.15, -0.1) is 0 Å². The second-order valence-corrected chi connectivity index (χ2v) is 9.63. The molecule has 1 aliphatic rings. The Morgan fingerprint density at radius 2 is 2.03 bits per heavy atom. The summed E-state index contributed by atoms with van der Waals surface area (Å²) >= 11 is 0. The van der Waals surface area contributed by atoms with Crippen molar-refractivity contribution in [1.82, 2.24) is 20.0 Å². The molecule has 0 unspecified atom stereocenters. The first kappa shape index (κ1) is 24.4. The number of carbonyl (C=O) groups excluding carboxylic acids is 1. The summed E-state index contributed by atoms with van der Waals surface area (Å²) in [6.07, 6.45) is 3.82. The number of carbonyl (C=O) groups is 1. The van der Waals surface area contributed by atoms with Crippen LogP contribution in [0.3, 0.4) is 0 Å². The summed E-state index contributed by atoms with van der Waals surface area (Å²) in [4.78, 5) is 16.3. The first-order valence-corrected chi connectivity index (χ1v) is 12.6. The third kappa shape index (κ3) is 5.14. The van der Waals surface area contributed by atoms with Crippen molar-refractivity contribution in [3.8, 4) is 23.1 Å². The van der Waals surface area contributed by atoms with Crippen LogP contribution in [0.1, 0.15) is 56.4 Å². The predicted octanol–water partition coefficient (Wildman–Crippen LogP) is 5.75. The van der Waals surface area contributed by atoms with Crippen molar-refractivity contribution in [1.29, 1.82) is 5.26 Å². The van der Waals surface area contributed by atoms with Gasteiger partial charge in [-0.3, -0.25) is 0 Å². The predicted molar refractivity (Wildman–Crippen MR) is 141 cm³/mol. The van der Waals surface area contributed by atoms with Crippen molar-refractivity contribution in [3.63, 3.8) is 0 Å². The van der Waals surface area contributed by atoms with Crippen LogP contribution in [0.15, 0.2) is 47.0 Å². The molecule has 1 fully saturated rings. The molecule has 2 heterocycles. The van der Waals surface area contributed by atoms with Gasteiger partial charge in [-0.1, -0.05) is 17.3 Å². The smallest absolute Gasteiger partial charge is 0.319 e. The molecule has 0 radical (unpaired) electrons. The van der Waals surface area contributed by atoms with Crippen molar-refractivity contribution >= 4 is 22.6 Å². The number of nitrogens with one attached hydrogen (secondary N) is 2. The molecule has 2 amide bonds. The normalized spacial score (nSPS) is 13.4. The number of fused-ring (bicyclic) bond motifs is 1. The number of aromatic nitrogens is 3. The van der Waals surface area contributed by atoms with E-state index in [2.05, 4.69) is 31.4 Å². The third-order valence-electron chi connectivity index (χ3n) is 6.52. The Balaban J connectivity index is 1.45. The van der Waals surface area contributed by atoms with Crippen molar-refractivity contribution in [2.24, 2.45) is 0 Å². The maximum Gasteiger partial charge on any atom is 0.319 e. The zero-order valence-electron chi connectivity index (χ0n) is 21.2. The lowest BCUT2D eigenvalue weighted by atomic mass is 9.92. The van der Waals surface area contributed by atoms with E-state index >= 15 is 0 Å². The summed E-state index contributed by atoms with van der Waals surface area (Å²) in [5.74, 6) is 1.88. The number of benzene rings is 2. The molecule has 9 heteroatoms. The highest BCUT2D eigenvalue weighted by Crippen LogP contribution is 2.43. The van der Waals surface area contributed by atoms with Gasteiger partial charge >= 0.3 is 6.03 Å². The van der Waals surface area contributed by atoms with Gasteiger partial charge in [0.05, 0.1) is 29.8 Å². The van der Waals surface area contributed by atoms with E-state index in [9.17, 15) is 10.1 Å². The molecule has 0 saturated heterocycles. The van der Waals surface area contributed by atoms with Gasteiger partial charge in [-0.05, 0) is 69.9 Å². The number of nitriles is 1. The summed E-state index contributed by atoms with van der Waals surface area (Å²) in [6, 6.07) is 16.1. The summed E-state index contributed by atoms with van der Waals surface area (Å²) in [5, 5.41) is 20.6. The first-order chi connectivity index (χ1) is 17.9. The summed E-state index contributed by atoms with van der Waals surface area (Å²) in [7, 11) is 0. The van der Waals surface area contributed by atoms with Gasteiger partial charge in [-0.2, -0.15) is 10.2 Å². The number of ether oxygens (including phenoxy) is 1. The Bertz CT molecular complexity index is 1460. The Morgan fingerprint density at radius 3 is 2.65 bits per heavy atom. The fourth-order valence-electron chi connectivity index (χ4n) is 4.64. The highest BCUT2D eigenvalue weighted by molar-refractivity contribution is 5.96. The SMILES string of the molecule is Cc1noc(CCOc2ccc3c(C#N)c(-c4ccc(NC(=O)NC(C)C)cc4)n(C4CCC4)c3c2)n1. The van der Waals surface area contributed by atoms with Crippen LogP contribution in [0, 0.1) is 18.3 Å². The highest BCUT2D eigenvalue weighted by Gasteiger charge is 2.28. The molecule has 1 aliphatic carbocycles. The number of hydrogen-bond acceptors (Lipinski definition) is 6. The Kier molecular flexibility index (Phi) is 6.82. The maximum atomic E-state index is 12.1. The minimum Gasteiger partial charge on any atom is -0.493 e. The van der Waals surface area contributed by atoms with E-state index in [1.54, 1.807) is 6.92 Å². The number of nitrogens with zero attached hydrogens (tertiary/aromatic N) is 4. The minimum atomic E-state index is -0.245. The van der Waals surface area contributed by atoms with Gasteiger partial charge in [-0.25, -0.2) is 4.79 Å². The van der Waals surface area contributed by atoms with Crippen LogP contribution >= 0.6 is 0 Å². The standard InChI is InChI=1S/C28H30N6O3/c1-17(2)30-28(35)32-20-9-7-19(8-10-20)27-24(16-29)23-12-11-22(15-25(23)34(27)21-5-4-6-21)36-14-13-26-31-18(3)33-37-26/h7-12,15,17,21H,4-6,13-14H2,1-3H3,(H2,30,32,35). The van der Waals surface area contributed by atoms with E-state index in [1.165, 1.54) is 6.42 Å². The number of rotatable bonds is 8. The molecule has 4 aromatic rings. The average Bonchev–Trinajstić information content (AvgIpc) is 3.38.